The van der Waals surface area contributed by atoms with Crippen LogP contribution in [-0.4, -0.2) is 57.7 Å². The van der Waals surface area contributed by atoms with Gasteiger partial charge in [0.25, 0.3) is 0 Å². The van der Waals surface area contributed by atoms with E-state index < -0.39 is 0 Å². The van der Waals surface area contributed by atoms with Crippen LogP contribution < -0.4 is 0 Å². The molecule has 2 aromatic rings. The summed E-state index contributed by atoms with van der Waals surface area (Å²) < 4.78 is 1.91. The van der Waals surface area contributed by atoms with Crippen molar-refractivity contribution < 1.29 is 4.79 Å². The highest BCUT2D eigenvalue weighted by molar-refractivity contribution is 5.76. The second-order valence-corrected chi connectivity index (χ2v) is 7.53. The van der Waals surface area contributed by atoms with Gasteiger partial charge in [0.1, 0.15) is 0 Å². The lowest BCUT2D eigenvalue weighted by Crippen LogP contribution is -2.53. The number of nitrogens with zero attached hydrogens (tertiary/aromatic N) is 4. The van der Waals surface area contributed by atoms with Crippen LogP contribution in [0.4, 0.5) is 0 Å². The van der Waals surface area contributed by atoms with Gasteiger partial charge in [-0.05, 0) is 43.4 Å². The Morgan fingerprint density at radius 3 is 2.62 bits per heavy atom. The molecule has 4 rings (SSSR count). The molecule has 2 aliphatic rings. The van der Waals surface area contributed by atoms with Crippen LogP contribution in [0.3, 0.4) is 0 Å². The second kappa shape index (κ2) is 7.62. The minimum atomic E-state index is 0.258. The van der Waals surface area contributed by atoms with E-state index in [1.807, 2.05) is 22.6 Å². The number of hydrogen-bond donors (Lipinski definition) is 0. The summed E-state index contributed by atoms with van der Waals surface area (Å²) in [5.41, 5.74) is 4.14. The van der Waals surface area contributed by atoms with Crippen molar-refractivity contribution >= 4 is 5.91 Å². The van der Waals surface area contributed by atoms with Crippen molar-refractivity contribution in [1.29, 1.82) is 0 Å². The van der Waals surface area contributed by atoms with Crippen LogP contribution in [-0.2, 0) is 24.2 Å². The summed E-state index contributed by atoms with van der Waals surface area (Å²) in [5.74, 6) is 0.258. The Hall–Kier alpha value is -2.14. The summed E-state index contributed by atoms with van der Waals surface area (Å²) in [6.07, 6.45) is 5.91. The predicted molar refractivity (Wildman–Crippen MR) is 102 cm³/mol. The number of hydrogen-bond acceptors (Lipinski definition) is 3. The molecule has 5 heteroatoms. The van der Waals surface area contributed by atoms with Crippen LogP contribution in [0.2, 0.25) is 0 Å². The van der Waals surface area contributed by atoms with Gasteiger partial charge in [0, 0.05) is 57.1 Å². The summed E-state index contributed by atoms with van der Waals surface area (Å²) in [6, 6.07) is 11.5. The van der Waals surface area contributed by atoms with Crippen LogP contribution in [0.5, 0.6) is 0 Å². The molecule has 1 fully saturated rings. The standard InChI is InChI=1S/C21H28N4O/c1-17-8-10-22-25(17)11-9-21(26)24-14-12-23(13-15-24)20-7-6-18-4-2-3-5-19(18)16-20/h2-5,8,10,20H,6-7,9,11-16H2,1H3/t20-/m0/s1. The first kappa shape index (κ1) is 17.3. The molecule has 26 heavy (non-hydrogen) atoms. The average Bonchev–Trinajstić information content (AvgIpc) is 3.10. The molecule has 0 unspecified atom stereocenters. The molecule has 0 bridgehead atoms. The number of benzene rings is 1. The lowest BCUT2D eigenvalue weighted by molar-refractivity contribution is -0.133. The van der Waals surface area contributed by atoms with Crippen LogP contribution in [0.1, 0.15) is 29.7 Å². The van der Waals surface area contributed by atoms with Gasteiger partial charge in [-0.25, -0.2) is 0 Å². The molecule has 0 spiro atoms. The number of fused-ring (bicyclic) bond motifs is 1. The first-order chi connectivity index (χ1) is 12.7. The Labute approximate surface area is 155 Å². The van der Waals surface area contributed by atoms with Crippen molar-refractivity contribution in [2.24, 2.45) is 0 Å². The highest BCUT2D eigenvalue weighted by atomic mass is 16.2. The summed E-state index contributed by atoms with van der Waals surface area (Å²) in [6.45, 7) is 6.42. The maximum absolute atomic E-state index is 12.5. The third-order valence-electron chi connectivity index (χ3n) is 5.97. The molecular weight excluding hydrogens is 324 g/mol. The van der Waals surface area contributed by atoms with Crippen LogP contribution >= 0.6 is 0 Å². The molecule has 1 saturated heterocycles. The molecule has 1 amide bonds. The molecule has 1 atom stereocenters. The van der Waals surface area contributed by atoms with E-state index in [0.29, 0.717) is 19.0 Å². The normalized spacial score (nSPS) is 20.8. The topological polar surface area (TPSA) is 41.4 Å². The van der Waals surface area contributed by atoms with E-state index in [0.717, 1.165) is 38.3 Å². The molecule has 138 valence electrons. The monoisotopic (exact) mass is 352 g/mol. The number of piperazine rings is 1. The van der Waals surface area contributed by atoms with Gasteiger partial charge in [-0.15, -0.1) is 0 Å². The summed E-state index contributed by atoms with van der Waals surface area (Å²) >= 11 is 0. The van der Waals surface area contributed by atoms with Crippen LogP contribution in [0.15, 0.2) is 36.5 Å². The lowest BCUT2D eigenvalue weighted by Gasteiger charge is -2.41. The van der Waals surface area contributed by atoms with Gasteiger partial charge in [-0.1, -0.05) is 24.3 Å². The van der Waals surface area contributed by atoms with Crippen molar-refractivity contribution in [3.63, 3.8) is 0 Å². The molecule has 0 radical (unpaired) electrons. The van der Waals surface area contributed by atoms with Gasteiger partial charge in [0.2, 0.25) is 5.91 Å². The largest absolute Gasteiger partial charge is 0.340 e. The fraction of sp³-hybridized carbons (Fsp3) is 0.524. The Kier molecular flexibility index (Phi) is 5.07. The molecule has 2 heterocycles. The Balaban J connectivity index is 1.26. The van der Waals surface area contributed by atoms with Crippen molar-refractivity contribution in [1.82, 2.24) is 19.6 Å². The van der Waals surface area contributed by atoms with E-state index >= 15 is 0 Å². The zero-order valence-electron chi connectivity index (χ0n) is 15.6. The molecular formula is C21H28N4O. The van der Waals surface area contributed by atoms with Crippen molar-refractivity contribution in [3.05, 3.63) is 53.3 Å². The van der Waals surface area contributed by atoms with Gasteiger partial charge in [0.05, 0.1) is 0 Å². The summed E-state index contributed by atoms with van der Waals surface area (Å²) in [5, 5.41) is 4.26. The van der Waals surface area contributed by atoms with E-state index in [4.69, 9.17) is 0 Å². The molecule has 1 aliphatic heterocycles. The molecule has 1 aliphatic carbocycles. The molecule has 0 N–H and O–H groups in total. The van der Waals surface area contributed by atoms with Crippen LogP contribution in [0, 0.1) is 6.92 Å². The van der Waals surface area contributed by atoms with E-state index in [-0.39, 0.29) is 5.91 Å². The first-order valence-electron chi connectivity index (χ1n) is 9.78. The van der Waals surface area contributed by atoms with E-state index in [2.05, 4.69) is 34.3 Å². The fourth-order valence-electron chi connectivity index (χ4n) is 4.32. The van der Waals surface area contributed by atoms with E-state index in [1.54, 1.807) is 6.20 Å². The molecule has 0 saturated carbocycles. The lowest BCUT2D eigenvalue weighted by atomic mass is 9.87. The molecule has 1 aromatic carbocycles. The van der Waals surface area contributed by atoms with E-state index in [9.17, 15) is 4.79 Å². The van der Waals surface area contributed by atoms with Gasteiger partial charge in [-0.3, -0.25) is 14.4 Å². The number of rotatable bonds is 4. The van der Waals surface area contributed by atoms with Crippen molar-refractivity contribution in [2.75, 3.05) is 26.2 Å². The number of aromatic nitrogens is 2. The average molecular weight is 352 g/mol. The fourth-order valence-corrected chi connectivity index (χ4v) is 4.32. The van der Waals surface area contributed by atoms with Gasteiger partial charge >= 0.3 is 0 Å². The first-order valence-corrected chi connectivity index (χ1v) is 9.78. The Bertz CT molecular complexity index is 761. The van der Waals surface area contributed by atoms with Gasteiger partial charge < -0.3 is 4.90 Å². The smallest absolute Gasteiger partial charge is 0.224 e. The Morgan fingerprint density at radius 1 is 1.12 bits per heavy atom. The Morgan fingerprint density at radius 2 is 1.88 bits per heavy atom. The third-order valence-corrected chi connectivity index (χ3v) is 5.97. The van der Waals surface area contributed by atoms with E-state index in [1.165, 1.54) is 24.0 Å². The molecule has 5 nitrogen and oxygen atoms in total. The van der Waals surface area contributed by atoms with Gasteiger partial charge in [-0.2, -0.15) is 5.10 Å². The van der Waals surface area contributed by atoms with Gasteiger partial charge in [0.15, 0.2) is 0 Å². The summed E-state index contributed by atoms with van der Waals surface area (Å²) in [4.78, 5) is 17.1. The minimum absolute atomic E-state index is 0.258. The molecule has 1 aromatic heterocycles. The number of aryl methyl sites for hydroxylation is 3. The quantitative estimate of drug-likeness (QED) is 0.848. The zero-order valence-corrected chi connectivity index (χ0v) is 15.6. The highest BCUT2D eigenvalue weighted by Gasteiger charge is 2.28. The SMILES string of the molecule is Cc1ccnn1CCC(=O)N1CCN([C@H]2CCc3ccccc3C2)CC1. The van der Waals surface area contributed by atoms with Crippen LogP contribution in [0.25, 0.3) is 0 Å². The maximum Gasteiger partial charge on any atom is 0.224 e. The van der Waals surface area contributed by atoms with Crippen molar-refractivity contribution in [3.8, 4) is 0 Å². The predicted octanol–water partition coefficient (Wildman–Crippen LogP) is 2.28. The number of amides is 1. The summed E-state index contributed by atoms with van der Waals surface area (Å²) in [7, 11) is 0. The maximum atomic E-state index is 12.5. The zero-order chi connectivity index (χ0) is 17.9. The third kappa shape index (κ3) is 3.68. The highest BCUT2D eigenvalue weighted by Crippen LogP contribution is 2.25. The number of carbonyl (C=O) groups excluding carboxylic acids is 1. The number of carbonyl (C=O) groups is 1. The van der Waals surface area contributed by atoms with Crippen molar-refractivity contribution in [2.45, 2.75) is 45.2 Å². The second-order valence-electron chi connectivity index (χ2n) is 7.53. The minimum Gasteiger partial charge on any atom is -0.340 e.